The van der Waals surface area contributed by atoms with Crippen LogP contribution in [0.3, 0.4) is 0 Å². The first-order chi connectivity index (χ1) is 13.8. The van der Waals surface area contributed by atoms with Gasteiger partial charge in [0.2, 0.25) is 0 Å². The first-order valence-corrected chi connectivity index (χ1v) is 9.59. The second-order valence-corrected chi connectivity index (χ2v) is 8.44. The Kier molecular flexibility index (Phi) is 4.89. The molecular formula is C19H14BCl2F4NO3. The number of hydrogen-bond donors (Lipinski definition) is 1. The lowest BCUT2D eigenvalue weighted by Gasteiger charge is -2.21. The molecule has 0 saturated carbocycles. The topological polar surface area (TPSA) is 51.0 Å². The lowest BCUT2D eigenvalue weighted by atomic mass is 9.77. The first kappa shape index (κ1) is 21.4. The van der Waals surface area contributed by atoms with E-state index in [1.165, 1.54) is 0 Å². The molecule has 1 atom stereocenters. The van der Waals surface area contributed by atoms with Crippen molar-refractivity contribution in [1.82, 2.24) is 0 Å². The van der Waals surface area contributed by atoms with Crippen LogP contribution < -0.4 is 5.46 Å². The number of benzene rings is 2. The van der Waals surface area contributed by atoms with E-state index in [1.807, 2.05) is 0 Å². The number of rotatable bonds is 2. The molecule has 0 fully saturated rings. The lowest BCUT2D eigenvalue weighted by Crippen LogP contribution is -2.28. The third-order valence-corrected chi connectivity index (χ3v) is 5.76. The Balaban J connectivity index is 1.65. The van der Waals surface area contributed by atoms with Crippen LogP contribution in [-0.4, -0.2) is 17.9 Å². The number of oxime groups is 1. The van der Waals surface area contributed by atoms with Gasteiger partial charge in [-0.05, 0) is 48.6 Å². The molecule has 11 heteroatoms. The summed E-state index contributed by atoms with van der Waals surface area (Å²) in [5.41, 5.74) is -0.191. The van der Waals surface area contributed by atoms with Crippen molar-refractivity contribution in [2.75, 3.05) is 0 Å². The van der Waals surface area contributed by atoms with Crippen LogP contribution in [0.25, 0.3) is 0 Å². The van der Waals surface area contributed by atoms with Crippen LogP contribution in [0.2, 0.25) is 10.0 Å². The Hall–Kier alpha value is -1.81. The molecule has 2 aromatic rings. The summed E-state index contributed by atoms with van der Waals surface area (Å²) in [6.45, 7) is 3.56. The van der Waals surface area contributed by atoms with Gasteiger partial charge >= 0.3 is 19.1 Å². The maximum absolute atomic E-state index is 15.5. The fourth-order valence-corrected chi connectivity index (χ4v) is 4.36. The molecule has 1 N–H and O–H groups in total. The SMILES string of the molecule is CC1(C)OB(O)c2ccc(C3=NOC(F)(c4cc(Cl)c(C(F)(F)F)c(Cl)c4)C3)cc21. The normalized spacial score (nSPS) is 22.7. The van der Waals surface area contributed by atoms with Gasteiger partial charge in [0.15, 0.2) is 0 Å². The van der Waals surface area contributed by atoms with E-state index >= 15 is 4.39 Å². The predicted octanol–water partition coefficient (Wildman–Crippen LogP) is 4.91. The molecule has 2 aliphatic rings. The van der Waals surface area contributed by atoms with Gasteiger partial charge in [0.05, 0.1) is 33.3 Å². The average Bonchev–Trinajstić information content (AvgIpc) is 3.12. The second-order valence-electron chi connectivity index (χ2n) is 7.63. The molecule has 0 bridgehead atoms. The summed E-state index contributed by atoms with van der Waals surface area (Å²) >= 11 is 11.4. The maximum Gasteiger partial charge on any atom is 0.492 e. The van der Waals surface area contributed by atoms with Crippen molar-refractivity contribution in [3.8, 4) is 0 Å². The summed E-state index contributed by atoms with van der Waals surface area (Å²) < 4.78 is 60.1. The molecule has 2 aliphatic heterocycles. The molecule has 0 spiro atoms. The zero-order chi connectivity index (χ0) is 22.1. The number of alkyl halides is 4. The van der Waals surface area contributed by atoms with Crippen LogP contribution in [0.15, 0.2) is 35.5 Å². The molecule has 30 heavy (non-hydrogen) atoms. The number of fused-ring (bicyclic) bond motifs is 1. The van der Waals surface area contributed by atoms with E-state index < -0.39 is 40.4 Å². The van der Waals surface area contributed by atoms with E-state index in [0.717, 1.165) is 12.1 Å². The monoisotopic (exact) mass is 461 g/mol. The van der Waals surface area contributed by atoms with E-state index in [1.54, 1.807) is 32.0 Å². The van der Waals surface area contributed by atoms with Gasteiger partial charge in [-0.15, -0.1) is 0 Å². The highest BCUT2D eigenvalue weighted by molar-refractivity contribution is 6.62. The lowest BCUT2D eigenvalue weighted by molar-refractivity contribution is -0.138. The summed E-state index contributed by atoms with van der Waals surface area (Å²) in [7, 11) is -1.07. The summed E-state index contributed by atoms with van der Waals surface area (Å²) in [6, 6.07) is 6.67. The maximum atomic E-state index is 15.5. The molecule has 0 amide bonds. The molecular weight excluding hydrogens is 448 g/mol. The van der Waals surface area contributed by atoms with Crippen molar-refractivity contribution in [2.45, 2.75) is 37.9 Å². The van der Waals surface area contributed by atoms with Crippen molar-refractivity contribution in [1.29, 1.82) is 0 Å². The summed E-state index contributed by atoms with van der Waals surface area (Å²) in [5.74, 6) is -2.53. The molecule has 0 saturated heterocycles. The number of nitrogens with zero attached hydrogens (tertiary/aromatic N) is 1. The van der Waals surface area contributed by atoms with Gasteiger partial charge in [-0.3, -0.25) is 0 Å². The molecule has 0 aromatic heterocycles. The van der Waals surface area contributed by atoms with E-state index in [2.05, 4.69) is 5.16 Å². The number of hydrogen-bond acceptors (Lipinski definition) is 4. The fourth-order valence-electron chi connectivity index (χ4n) is 3.65. The number of halogens is 6. The summed E-state index contributed by atoms with van der Waals surface area (Å²) in [5, 5.41) is 12.3. The zero-order valence-corrected chi connectivity index (χ0v) is 17.2. The van der Waals surface area contributed by atoms with Crippen molar-refractivity contribution in [3.05, 3.63) is 62.6 Å². The van der Waals surface area contributed by atoms with Gasteiger partial charge in [0, 0.05) is 5.56 Å². The minimum atomic E-state index is -4.78. The van der Waals surface area contributed by atoms with Crippen LogP contribution in [0.4, 0.5) is 17.6 Å². The zero-order valence-electron chi connectivity index (χ0n) is 15.6. The van der Waals surface area contributed by atoms with Crippen molar-refractivity contribution >= 4 is 41.5 Å². The highest BCUT2D eigenvalue weighted by atomic mass is 35.5. The van der Waals surface area contributed by atoms with Gasteiger partial charge in [-0.1, -0.05) is 40.5 Å². The van der Waals surface area contributed by atoms with Crippen molar-refractivity contribution in [2.24, 2.45) is 5.16 Å². The largest absolute Gasteiger partial charge is 0.492 e. The molecule has 2 aromatic carbocycles. The fraction of sp³-hybridized carbons (Fsp3) is 0.316. The smallest absolute Gasteiger partial charge is 0.423 e. The Morgan fingerprint density at radius 3 is 2.37 bits per heavy atom. The Labute approximate surface area is 179 Å². The third-order valence-electron chi connectivity index (χ3n) is 5.16. The second kappa shape index (κ2) is 6.85. The van der Waals surface area contributed by atoms with Gasteiger partial charge in [-0.2, -0.15) is 17.6 Å². The Morgan fingerprint density at radius 1 is 1.13 bits per heavy atom. The quantitative estimate of drug-likeness (QED) is 0.510. The molecule has 2 heterocycles. The van der Waals surface area contributed by atoms with Crippen LogP contribution in [0, 0.1) is 0 Å². The van der Waals surface area contributed by atoms with Gasteiger partial charge in [0.1, 0.15) is 0 Å². The van der Waals surface area contributed by atoms with E-state index in [-0.39, 0.29) is 17.7 Å². The van der Waals surface area contributed by atoms with Gasteiger partial charge in [-0.25, -0.2) is 0 Å². The summed E-state index contributed by atoms with van der Waals surface area (Å²) in [6.07, 6.45) is -5.15. The van der Waals surface area contributed by atoms with E-state index in [4.69, 9.17) is 32.7 Å². The molecule has 4 rings (SSSR count). The Morgan fingerprint density at radius 2 is 1.77 bits per heavy atom. The molecule has 4 nitrogen and oxygen atoms in total. The minimum absolute atomic E-state index is 0.240. The van der Waals surface area contributed by atoms with Crippen LogP contribution in [0.5, 0.6) is 0 Å². The standard InChI is InChI=1S/C19H14BCl2F4NO3/c1-17(2)11-5-9(3-4-12(11)20(28)29-17)15-8-18(23,30-27-15)10-6-13(21)16(14(22)7-10)19(24,25)26/h3-7,28H,8H2,1-2H3. The van der Waals surface area contributed by atoms with Gasteiger partial charge < -0.3 is 14.5 Å². The van der Waals surface area contributed by atoms with E-state index in [9.17, 15) is 18.2 Å². The average molecular weight is 462 g/mol. The summed E-state index contributed by atoms with van der Waals surface area (Å²) in [4.78, 5) is 4.96. The van der Waals surface area contributed by atoms with Crippen LogP contribution in [-0.2, 0) is 27.1 Å². The first-order valence-electron chi connectivity index (χ1n) is 8.83. The highest BCUT2D eigenvalue weighted by Gasteiger charge is 2.45. The Bertz CT molecular complexity index is 1050. The van der Waals surface area contributed by atoms with E-state index in [0.29, 0.717) is 16.6 Å². The van der Waals surface area contributed by atoms with Crippen molar-refractivity contribution < 1.29 is 32.1 Å². The van der Waals surface area contributed by atoms with Crippen molar-refractivity contribution in [3.63, 3.8) is 0 Å². The third kappa shape index (κ3) is 3.47. The molecule has 0 radical (unpaired) electrons. The minimum Gasteiger partial charge on any atom is -0.423 e. The van der Waals surface area contributed by atoms with Gasteiger partial charge in [0.25, 0.3) is 0 Å². The molecule has 0 aliphatic carbocycles. The molecule has 158 valence electrons. The predicted molar refractivity (Wildman–Crippen MR) is 105 cm³/mol. The van der Waals surface area contributed by atoms with Crippen LogP contribution in [0.1, 0.15) is 42.5 Å². The highest BCUT2D eigenvalue weighted by Crippen LogP contribution is 2.45. The molecule has 1 unspecified atom stereocenters. The van der Waals surface area contributed by atoms with Crippen LogP contribution >= 0.6 is 23.2 Å².